The lowest BCUT2D eigenvalue weighted by Gasteiger charge is -2.30. The molecule has 1 fully saturated rings. The van der Waals surface area contributed by atoms with Gasteiger partial charge < -0.3 is 4.74 Å². The Balaban J connectivity index is 2.39. The predicted octanol–water partition coefficient (Wildman–Crippen LogP) is 1.31. The SMILES string of the molecule is C=C(CC)CC(NN)C1CSCCO1. The van der Waals surface area contributed by atoms with E-state index in [1.807, 2.05) is 11.8 Å². The zero-order chi connectivity index (χ0) is 10.4. The van der Waals surface area contributed by atoms with Crippen LogP contribution in [0, 0.1) is 0 Å². The zero-order valence-electron chi connectivity index (χ0n) is 8.79. The van der Waals surface area contributed by atoms with Crippen LogP contribution in [0.4, 0.5) is 0 Å². The molecule has 0 saturated carbocycles. The van der Waals surface area contributed by atoms with Gasteiger partial charge in [-0.2, -0.15) is 11.8 Å². The van der Waals surface area contributed by atoms with Crippen LogP contribution in [0.5, 0.6) is 0 Å². The number of nitrogens with one attached hydrogen (secondary N) is 1. The van der Waals surface area contributed by atoms with Crippen molar-refractivity contribution in [1.82, 2.24) is 5.43 Å². The topological polar surface area (TPSA) is 47.3 Å². The third-order valence-electron chi connectivity index (χ3n) is 2.51. The molecule has 0 bridgehead atoms. The van der Waals surface area contributed by atoms with Gasteiger partial charge in [-0.05, 0) is 12.8 Å². The Morgan fingerprint density at radius 2 is 2.57 bits per heavy atom. The van der Waals surface area contributed by atoms with Crippen LogP contribution in [0.1, 0.15) is 19.8 Å². The minimum Gasteiger partial charge on any atom is -0.375 e. The summed E-state index contributed by atoms with van der Waals surface area (Å²) in [7, 11) is 0. The van der Waals surface area contributed by atoms with Gasteiger partial charge in [0.25, 0.3) is 0 Å². The van der Waals surface area contributed by atoms with E-state index in [4.69, 9.17) is 10.6 Å². The van der Waals surface area contributed by atoms with Crippen LogP contribution in [0.15, 0.2) is 12.2 Å². The number of nitrogens with two attached hydrogens (primary N) is 1. The summed E-state index contributed by atoms with van der Waals surface area (Å²) in [5, 5.41) is 0. The molecule has 1 rings (SSSR count). The first-order valence-electron chi connectivity index (χ1n) is 5.10. The van der Waals surface area contributed by atoms with Crippen molar-refractivity contribution in [3.63, 3.8) is 0 Å². The fraction of sp³-hybridized carbons (Fsp3) is 0.800. The molecule has 0 aromatic carbocycles. The molecule has 0 aromatic heterocycles. The van der Waals surface area contributed by atoms with E-state index in [0.717, 1.165) is 31.0 Å². The van der Waals surface area contributed by atoms with Crippen molar-refractivity contribution >= 4 is 11.8 Å². The minimum absolute atomic E-state index is 0.218. The van der Waals surface area contributed by atoms with Crippen molar-refractivity contribution in [2.24, 2.45) is 5.84 Å². The number of hydrazine groups is 1. The normalized spacial score (nSPS) is 24.6. The molecule has 1 aliphatic rings. The Kier molecular flexibility index (Phi) is 5.55. The number of hydrogen-bond acceptors (Lipinski definition) is 4. The number of ether oxygens (including phenoxy) is 1. The highest BCUT2D eigenvalue weighted by atomic mass is 32.2. The van der Waals surface area contributed by atoms with Gasteiger partial charge in [-0.3, -0.25) is 11.3 Å². The summed E-state index contributed by atoms with van der Waals surface area (Å²) in [5.41, 5.74) is 4.07. The lowest BCUT2D eigenvalue weighted by Crippen LogP contribution is -2.48. The Labute approximate surface area is 90.4 Å². The van der Waals surface area contributed by atoms with Crippen LogP contribution in [0.2, 0.25) is 0 Å². The van der Waals surface area contributed by atoms with E-state index in [9.17, 15) is 0 Å². The molecule has 0 amide bonds. The highest BCUT2D eigenvalue weighted by Gasteiger charge is 2.23. The van der Waals surface area contributed by atoms with Gasteiger partial charge >= 0.3 is 0 Å². The van der Waals surface area contributed by atoms with Gasteiger partial charge in [0.2, 0.25) is 0 Å². The summed E-state index contributed by atoms with van der Waals surface area (Å²) in [4.78, 5) is 0. The number of rotatable bonds is 5. The molecule has 3 nitrogen and oxygen atoms in total. The van der Waals surface area contributed by atoms with E-state index in [1.165, 1.54) is 5.57 Å². The van der Waals surface area contributed by atoms with Crippen LogP contribution >= 0.6 is 11.8 Å². The van der Waals surface area contributed by atoms with Gasteiger partial charge in [0.05, 0.1) is 18.8 Å². The largest absolute Gasteiger partial charge is 0.375 e. The van der Waals surface area contributed by atoms with Crippen molar-refractivity contribution in [3.8, 4) is 0 Å². The van der Waals surface area contributed by atoms with E-state index >= 15 is 0 Å². The lowest BCUT2D eigenvalue weighted by atomic mass is 10.0. The molecule has 1 heterocycles. The van der Waals surface area contributed by atoms with E-state index in [0.29, 0.717) is 0 Å². The molecule has 1 aliphatic heterocycles. The van der Waals surface area contributed by atoms with Crippen molar-refractivity contribution < 1.29 is 4.74 Å². The summed E-state index contributed by atoms with van der Waals surface area (Å²) in [5.74, 6) is 7.66. The highest BCUT2D eigenvalue weighted by Crippen LogP contribution is 2.19. The van der Waals surface area contributed by atoms with Crippen molar-refractivity contribution in [3.05, 3.63) is 12.2 Å². The average Bonchev–Trinajstić information content (AvgIpc) is 2.26. The summed E-state index contributed by atoms with van der Waals surface area (Å²) < 4.78 is 5.67. The van der Waals surface area contributed by atoms with Gasteiger partial charge in [-0.25, -0.2) is 0 Å². The zero-order valence-corrected chi connectivity index (χ0v) is 9.61. The number of hydrogen-bond donors (Lipinski definition) is 2. The highest BCUT2D eigenvalue weighted by molar-refractivity contribution is 7.99. The number of thioether (sulfide) groups is 1. The van der Waals surface area contributed by atoms with Crippen LogP contribution in [0.3, 0.4) is 0 Å². The third kappa shape index (κ3) is 3.61. The van der Waals surface area contributed by atoms with Gasteiger partial charge in [-0.1, -0.05) is 19.1 Å². The Bertz CT molecular complexity index is 181. The van der Waals surface area contributed by atoms with Crippen molar-refractivity contribution in [1.29, 1.82) is 0 Å². The molecular formula is C10H20N2OS. The molecular weight excluding hydrogens is 196 g/mol. The monoisotopic (exact) mass is 216 g/mol. The smallest absolute Gasteiger partial charge is 0.0835 e. The minimum atomic E-state index is 0.218. The van der Waals surface area contributed by atoms with Crippen molar-refractivity contribution in [2.45, 2.75) is 31.9 Å². The van der Waals surface area contributed by atoms with Gasteiger partial charge in [0.15, 0.2) is 0 Å². The van der Waals surface area contributed by atoms with Gasteiger partial charge in [0, 0.05) is 11.5 Å². The summed E-state index contributed by atoms with van der Waals surface area (Å²) in [6, 6.07) is 0.218. The molecule has 14 heavy (non-hydrogen) atoms. The van der Waals surface area contributed by atoms with Gasteiger partial charge in [-0.15, -0.1) is 0 Å². The standard InChI is InChI=1S/C10H20N2OS/c1-3-8(2)6-9(12-11)10-7-14-5-4-13-10/h9-10,12H,2-7,11H2,1H3. The molecule has 0 spiro atoms. The molecule has 0 radical (unpaired) electrons. The maximum absolute atomic E-state index is 5.67. The lowest BCUT2D eigenvalue weighted by molar-refractivity contribution is 0.0470. The van der Waals surface area contributed by atoms with Crippen LogP contribution in [0.25, 0.3) is 0 Å². The first-order valence-corrected chi connectivity index (χ1v) is 6.25. The van der Waals surface area contributed by atoms with E-state index in [2.05, 4.69) is 18.9 Å². The predicted molar refractivity (Wildman–Crippen MR) is 62.2 cm³/mol. The van der Waals surface area contributed by atoms with E-state index in [-0.39, 0.29) is 12.1 Å². The van der Waals surface area contributed by atoms with Crippen LogP contribution < -0.4 is 11.3 Å². The third-order valence-corrected chi connectivity index (χ3v) is 3.53. The summed E-state index contributed by atoms with van der Waals surface area (Å²) in [6.45, 7) is 6.95. The summed E-state index contributed by atoms with van der Waals surface area (Å²) in [6.07, 6.45) is 2.16. The molecule has 2 atom stereocenters. The van der Waals surface area contributed by atoms with Crippen molar-refractivity contribution in [2.75, 3.05) is 18.1 Å². The molecule has 1 saturated heterocycles. The molecule has 0 aliphatic carbocycles. The second-order valence-corrected chi connectivity index (χ2v) is 4.71. The first kappa shape index (κ1) is 12.0. The van der Waals surface area contributed by atoms with Crippen LogP contribution in [-0.2, 0) is 4.74 Å². The second kappa shape index (κ2) is 6.45. The Morgan fingerprint density at radius 1 is 1.79 bits per heavy atom. The summed E-state index contributed by atoms with van der Waals surface area (Å²) >= 11 is 1.93. The van der Waals surface area contributed by atoms with Gasteiger partial charge in [0.1, 0.15) is 0 Å². The molecule has 82 valence electrons. The van der Waals surface area contributed by atoms with E-state index < -0.39 is 0 Å². The first-order chi connectivity index (χ1) is 6.77. The molecule has 3 N–H and O–H groups in total. The average molecular weight is 216 g/mol. The Morgan fingerprint density at radius 3 is 3.07 bits per heavy atom. The fourth-order valence-corrected chi connectivity index (χ4v) is 2.43. The van der Waals surface area contributed by atoms with Crippen LogP contribution in [-0.4, -0.2) is 30.3 Å². The Hall–Kier alpha value is -0.0300. The maximum atomic E-state index is 5.67. The maximum Gasteiger partial charge on any atom is 0.0835 e. The molecule has 2 unspecified atom stereocenters. The fourth-order valence-electron chi connectivity index (χ4n) is 1.49. The molecule has 0 aromatic rings. The quantitative estimate of drug-likeness (QED) is 0.413. The second-order valence-electron chi connectivity index (χ2n) is 3.56. The van der Waals surface area contributed by atoms with E-state index in [1.54, 1.807) is 0 Å². The molecule has 4 heteroatoms.